The molecule has 1 aliphatic rings. The minimum atomic E-state index is -0.537. The number of esters is 1. The van der Waals surface area contributed by atoms with Crippen molar-refractivity contribution in [1.82, 2.24) is 0 Å². The van der Waals surface area contributed by atoms with Crippen LogP contribution in [0.1, 0.15) is 19.8 Å². The zero-order valence-corrected chi connectivity index (χ0v) is 9.87. The van der Waals surface area contributed by atoms with E-state index in [9.17, 15) is 4.79 Å². The highest BCUT2D eigenvalue weighted by Gasteiger charge is 2.40. The summed E-state index contributed by atoms with van der Waals surface area (Å²) in [5.41, 5.74) is 5.14. The molecule has 5 nitrogen and oxygen atoms in total. The van der Waals surface area contributed by atoms with Crippen molar-refractivity contribution >= 4 is 5.97 Å². The zero-order chi connectivity index (χ0) is 11.9. The molecular formula is C11H21NO4. The van der Waals surface area contributed by atoms with E-state index in [0.29, 0.717) is 52.4 Å². The third kappa shape index (κ3) is 3.43. The summed E-state index contributed by atoms with van der Waals surface area (Å²) >= 11 is 0. The standard InChI is InChI=1S/C11H21NO4/c1-2-14-7-8-16-10(13)11(9-12)3-5-15-6-4-11/h2-9,12H2,1H3. The van der Waals surface area contributed by atoms with Gasteiger partial charge in [-0.05, 0) is 19.8 Å². The highest BCUT2D eigenvalue weighted by atomic mass is 16.6. The lowest BCUT2D eigenvalue weighted by Crippen LogP contribution is -2.44. The van der Waals surface area contributed by atoms with Crippen molar-refractivity contribution in [3.05, 3.63) is 0 Å². The van der Waals surface area contributed by atoms with Gasteiger partial charge in [-0.3, -0.25) is 4.79 Å². The van der Waals surface area contributed by atoms with Crippen LogP contribution in [0.4, 0.5) is 0 Å². The second kappa shape index (κ2) is 6.83. The van der Waals surface area contributed by atoms with Gasteiger partial charge in [0.2, 0.25) is 0 Å². The minimum Gasteiger partial charge on any atom is -0.463 e. The molecule has 1 fully saturated rings. The van der Waals surface area contributed by atoms with Gasteiger partial charge in [-0.15, -0.1) is 0 Å². The largest absolute Gasteiger partial charge is 0.463 e. The Labute approximate surface area is 96.2 Å². The Morgan fingerprint density at radius 2 is 2.06 bits per heavy atom. The fourth-order valence-corrected chi connectivity index (χ4v) is 1.74. The lowest BCUT2D eigenvalue weighted by atomic mass is 9.80. The van der Waals surface area contributed by atoms with Crippen molar-refractivity contribution in [1.29, 1.82) is 0 Å². The number of nitrogens with two attached hydrogens (primary N) is 1. The molecule has 0 unspecified atom stereocenters. The van der Waals surface area contributed by atoms with E-state index in [1.54, 1.807) is 0 Å². The molecule has 0 aromatic rings. The predicted octanol–water partition coefficient (Wildman–Crippen LogP) is 0.322. The van der Waals surface area contributed by atoms with Gasteiger partial charge in [0.25, 0.3) is 0 Å². The molecule has 0 amide bonds. The topological polar surface area (TPSA) is 70.8 Å². The van der Waals surface area contributed by atoms with E-state index in [2.05, 4.69) is 0 Å². The Bertz CT molecular complexity index is 214. The molecule has 1 saturated heterocycles. The lowest BCUT2D eigenvalue weighted by molar-refractivity contribution is -0.162. The van der Waals surface area contributed by atoms with Gasteiger partial charge in [0, 0.05) is 26.4 Å². The summed E-state index contributed by atoms with van der Waals surface area (Å²) in [7, 11) is 0. The molecule has 0 saturated carbocycles. The van der Waals surface area contributed by atoms with Crippen molar-refractivity contribution in [3.8, 4) is 0 Å². The van der Waals surface area contributed by atoms with Gasteiger partial charge in [-0.25, -0.2) is 0 Å². The van der Waals surface area contributed by atoms with Crippen LogP contribution in [0.15, 0.2) is 0 Å². The van der Waals surface area contributed by atoms with E-state index in [1.807, 2.05) is 6.92 Å². The molecule has 0 spiro atoms. The first-order valence-corrected chi connectivity index (χ1v) is 5.78. The number of carbonyl (C=O) groups is 1. The highest BCUT2D eigenvalue weighted by molar-refractivity contribution is 5.77. The van der Waals surface area contributed by atoms with Crippen LogP contribution >= 0.6 is 0 Å². The second-order valence-electron chi connectivity index (χ2n) is 3.93. The summed E-state index contributed by atoms with van der Waals surface area (Å²) < 4.78 is 15.5. The SMILES string of the molecule is CCOCCOC(=O)C1(CN)CCOCC1. The normalized spacial score (nSPS) is 19.4. The molecule has 0 bridgehead atoms. The predicted molar refractivity (Wildman–Crippen MR) is 59.0 cm³/mol. The van der Waals surface area contributed by atoms with Crippen LogP contribution < -0.4 is 5.73 Å². The van der Waals surface area contributed by atoms with Gasteiger partial charge < -0.3 is 19.9 Å². The first kappa shape index (κ1) is 13.4. The Morgan fingerprint density at radius 3 is 2.62 bits per heavy atom. The molecule has 1 heterocycles. The van der Waals surface area contributed by atoms with Gasteiger partial charge in [0.15, 0.2) is 0 Å². The number of hydrogen-bond acceptors (Lipinski definition) is 5. The van der Waals surface area contributed by atoms with E-state index in [4.69, 9.17) is 19.9 Å². The van der Waals surface area contributed by atoms with Gasteiger partial charge >= 0.3 is 5.97 Å². The molecule has 0 aliphatic carbocycles. The Balaban J connectivity index is 2.36. The summed E-state index contributed by atoms with van der Waals surface area (Å²) in [4.78, 5) is 11.9. The number of hydrogen-bond donors (Lipinski definition) is 1. The molecule has 5 heteroatoms. The van der Waals surface area contributed by atoms with E-state index in [0.717, 1.165) is 0 Å². The first-order valence-electron chi connectivity index (χ1n) is 5.78. The summed E-state index contributed by atoms with van der Waals surface area (Å²) in [6.07, 6.45) is 1.30. The van der Waals surface area contributed by atoms with E-state index in [-0.39, 0.29) is 5.97 Å². The van der Waals surface area contributed by atoms with Gasteiger partial charge in [-0.2, -0.15) is 0 Å². The van der Waals surface area contributed by atoms with Gasteiger partial charge in [0.1, 0.15) is 6.61 Å². The molecule has 16 heavy (non-hydrogen) atoms. The Morgan fingerprint density at radius 1 is 1.38 bits per heavy atom. The molecule has 1 aliphatic heterocycles. The quantitative estimate of drug-likeness (QED) is 0.526. The highest BCUT2D eigenvalue weighted by Crippen LogP contribution is 2.30. The van der Waals surface area contributed by atoms with Crippen molar-refractivity contribution in [3.63, 3.8) is 0 Å². The molecule has 2 N–H and O–H groups in total. The lowest BCUT2D eigenvalue weighted by Gasteiger charge is -2.33. The summed E-state index contributed by atoms with van der Waals surface area (Å²) in [6, 6.07) is 0. The number of rotatable bonds is 6. The third-order valence-corrected chi connectivity index (χ3v) is 2.94. The molecule has 0 radical (unpaired) electrons. The Hall–Kier alpha value is -0.650. The fraction of sp³-hybridized carbons (Fsp3) is 0.909. The maximum atomic E-state index is 11.9. The van der Waals surface area contributed by atoms with Crippen LogP contribution in [-0.2, 0) is 19.0 Å². The monoisotopic (exact) mass is 231 g/mol. The molecule has 94 valence electrons. The van der Waals surface area contributed by atoms with Crippen LogP contribution in [0.3, 0.4) is 0 Å². The summed E-state index contributed by atoms with van der Waals surface area (Å²) in [5.74, 6) is -0.210. The second-order valence-corrected chi connectivity index (χ2v) is 3.93. The van der Waals surface area contributed by atoms with Crippen LogP contribution in [0, 0.1) is 5.41 Å². The maximum Gasteiger partial charge on any atom is 0.313 e. The van der Waals surface area contributed by atoms with E-state index in [1.165, 1.54) is 0 Å². The average molecular weight is 231 g/mol. The zero-order valence-electron chi connectivity index (χ0n) is 9.87. The fourth-order valence-electron chi connectivity index (χ4n) is 1.74. The Kier molecular flexibility index (Phi) is 5.73. The molecule has 1 rings (SSSR count). The average Bonchev–Trinajstić information content (AvgIpc) is 2.35. The third-order valence-electron chi connectivity index (χ3n) is 2.94. The van der Waals surface area contributed by atoms with Gasteiger partial charge in [0.05, 0.1) is 12.0 Å². The minimum absolute atomic E-state index is 0.210. The first-order chi connectivity index (χ1) is 7.75. The van der Waals surface area contributed by atoms with Crippen molar-refractivity contribution in [2.45, 2.75) is 19.8 Å². The number of ether oxygens (including phenoxy) is 3. The molecule has 0 atom stereocenters. The van der Waals surface area contributed by atoms with Crippen LogP contribution in [0.5, 0.6) is 0 Å². The smallest absolute Gasteiger partial charge is 0.313 e. The van der Waals surface area contributed by atoms with Crippen LogP contribution in [0.25, 0.3) is 0 Å². The summed E-state index contributed by atoms with van der Waals surface area (Å²) in [6.45, 7) is 4.77. The molecule has 0 aromatic carbocycles. The van der Waals surface area contributed by atoms with Crippen LogP contribution in [-0.4, -0.2) is 45.5 Å². The van der Waals surface area contributed by atoms with Gasteiger partial charge in [-0.1, -0.05) is 0 Å². The molecular weight excluding hydrogens is 210 g/mol. The van der Waals surface area contributed by atoms with Crippen LogP contribution in [0.2, 0.25) is 0 Å². The summed E-state index contributed by atoms with van der Waals surface area (Å²) in [5, 5.41) is 0. The van der Waals surface area contributed by atoms with E-state index >= 15 is 0 Å². The molecule has 0 aromatic heterocycles. The number of carbonyl (C=O) groups excluding carboxylic acids is 1. The van der Waals surface area contributed by atoms with E-state index < -0.39 is 5.41 Å². The van der Waals surface area contributed by atoms with Crippen molar-refractivity contribution in [2.24, 2.45) is 11.1 Å². The maximum absolute atomic E-state index is 11.9. The van der Waals surface area contributed by atoms with Crippen molar-refractivity contribution < 1.29 is 19.0 Å². The van der Waals surface area contributed by atoms with Crippen molar-refractivity contribution in [2.75, 3.05) is 39.6 Å².